The molecule has 0 aliphatic rings. The third kappa shape index (κ3) is 7.89. The number of hydrogen-bond donors (Lipinski definition) is 1. The van der Waals surface area contributed by atoms with Crippen LogP contribution < -0.4 is 9.62 Å². The van der Waals surface area contributed by atoms with Crippen molar-refractivity contribution in [2.45, 2.75) is 40.3 Å². The summed E-state index contributed by atoms with van der Waals surface area (Å²) >= 11 is 12.1. The minimum Gasteiger partial charge on any atom is -0.354 e. The first kappa shape index (κ1) is 28.0. The molecule has 7 nitrogen and oxygen atoms in total. The fourth-order valence-corrected chi connectivity index (χ4v) is 4.46. The van der Waals surface area contributed by atoms with E-state index in [4.69, 9.17) is 23.2 Å². The molecular weight excluding hydrogens is 497 g/mol. The van der Waals surface area contributed by atoms with Gasteiger partial charge in [0.25, 0.3) is 0 Å². The van der Waals surface area contributed by atoms with Crippen molar-refractivity contribution in [2.24, 2.45) is 5.92 Å². The quantitative estimate of drug-likeness (QED) is 0.500. The third-order valence-electron chi connectivity index (χ3n) is 5.24. The Balaban J connectivity index is 2.40. The maximum atomic E-state index is 13.5. The Labute approximate surface area is 212 Å². The van der Waals surface area contributed by atoms with Crippen LogP contribution in [0, 0.1) is 12.8 Å². The molecule has 0 heterocycles. The predicted octanol–water partition coefficient (Wildman–Crippen LogP) is 4.26. The first-order valence-corrected chi connectivity index (χ1v) is 13.5. The standard InChI is InChI=1S/C24H31Cl2N3O4S/c1-16(2)13-27-24(31)18(4)28(14-19-7-10-20(25)11-8-19)23(30)15-29(34(5,32)33)22-12-21(26)9-6-17(22)3/h6-12,16,18H,13-15H2,1-5H3,(H,27,31)/t18-/m0/s1. The van der Waals surface area contributed by atoms with Crippen molar-refractivity contribution in [3.8, 4) is 0 Å². The lowest BCUT2D eigenvalue weighted by atomic mass is 10.1. The van der Waals surface area contributed by atoms with Crippen LogP contribution >= 0.6 is 23.2 Å². The zero-order valence-corrected chi connectivity index (χ0v) is 22.3. The summed E-state index contributed by atoms with van der Waals surface area (Å²) in [5, 5.41) is 3.73. The monoisotopic (exact) mass is 527 g/mol. The highest BCUT2D eigenvalue weighted by molar-refractivity contribution is 7.92. The van der Waals surface area contributed by atoms with Crippen molar-refractivity contribution >= 4 is 50.7 Å². The summed E-state index contributed by atoms with van der Waals surface area (Å²) in [7, 11) is -3.82. The van der Waals surface area contributed by atoms with E-state index in [1.54, 1.807) is 50.2 Å². The summed E-state index contributed by atoms with van der Waals surface area (Å²) in [6.07, 6.45) is 1.03. The fraction of sp³-hybridized carbons (Fsp3) is 0.417. The molecule has 2 rings (SSSR count). The van der Waals surface area contributed by atoms with Gasteiger partial charge in [-0.3, -0.25) is 13.9 Å². The van der Waals surface area contributed by atoms with Gasteiger partial charge in [0.05, 0.1) is 11.9 Å². The number of hydrogen-bond acceptors (Lipinski definition) is 4. The van der Waals surface area contributed by atoms with Crippen LogP contribution in [0.1, 0.15) is 31.9 Å². The molecule has 0 bridgehead atoms. The molecule has 0 saturated carbocycles. The van der Waals surface area contributed by atoms with E-state index in [1.807, 2.05) is 13.8 Å². The van der Waals surface area contributed by atoms with Gasteiger partial charge in [0.15, 0.2) is 0 Å². The van der Waals surface area contributed by atoms with Crippen LogP contribution in [0.15, 0.2) is 42.5 Å². The predicted molar refractivity (Wildman–Crippen MR) is 138 cm³/mol. The molecule has 1 N–H and O–H groups in total. The zero-order valence-electron chi connectivity index (χ0n) is 20.0. The van der Waals surface area contributed by atoms with Crippen molar-refractivity contribution in [1.29, 1.82) is 0 Å². The normalized spacial score (nSPS) is 12.4. The lowest BCUT2D eigenvalue weighted by molar-refractivity contribution is -0.139. The molecule has 10 heteroatoms. The highest BCUT2D eigenvalue weighted by Gasteiger charge is 2.30. The molecule has 0 aliphatic heterocycles. The van der Waals surface area contributed by atoms with Gasteiger partial charge in [-0.25, -0.2) is 8.42 Å². The molecule has 34 heavy (non-hydrogen) atoms. The summed E-state index contributed by atoms with van der Waals surface area (Å²) in [4.78, 5) is 27.7. The van der Waals surface area contributed by atoms with Crippen molar-refractivity contribution in [3.05, 3.63) is 63.6 Å². The number of rotatable bonds is 10. The number of nitrogens with zero attached hydrogens (tertiary/aromatic N) is 2. The first-order chi connectivity index (χ1) is 15.8. The molecule has 2 amide bonds. The van der Waals surface area contributed by atoms with Gasteiger partial charge < -0.3 is 10.2 Å². The maximum absolute atomic E-state index is 13.5. The van der Waals surface area contributed by atoms with Crippen LogP contribution in [0.4, 0.5) is 5.69 Å². The van der Waals surface area contributed by atoms with Crippen LogP contribution in [-0.4, -0.2) is 50.5 Å². The van der Waals surface area contributed by atoms with Crippen molar-refractivity contribution in [3.63, 3.8) is 0 Å². The van der Waals surface area contributed by atoms with E-state index in [-0.39, 0.29) is 18.4 Å². The molecule has 0 aromatic heterocycles. The largest absolute Gasteiger partial charge is 0.354 e. The van der Waals surface area contributed by atoms with E-state index < -0.39 is 28.5 Å². The van der Waals surface area contributed by atoms with E-state index in [1.165, 1.54) is 11.0 Å². The SMILES string of the molecule is Cc1ccc(Cl)cc1N(CC(=O)N(Cc1ccc(Cl)cc1)[C@@H](C)C(=O)NCC(C)C)S(C)(=O)=O. The number of anilines is 1. The zero-order chi connectivity index (χ0) is 25.6. The Morgan fingerprint density at radius 1 is 1.00 bits per heavy atom. The third-order valence-corrected chi connectivity index (χ3v) is 6.85. The second-order valence-electron chi connectivity index (χ2n) is 8.66. The highest BCUT2D eigenvalue weighted by Crippen LogP contribution is 2.26. The molecular formula is C24H31Cl2N3O4S. The topological polar surface area (TPSA) is 86.8 Å². The van der Waals surface area contributed by atoms with Gasteiger partial charge in [-0.1, -0.05) is 55.2 Å². The number of halogens is 2. The highest BCUT2D eigenvalue weighted by atomic mass is 35.5. The number of nitrogens with one attached hydrogen (secondary N) is 1. The number of aryl methyl sites for hydroxylation is 1. The molecule has 2 aromatic rings. The summed E-state index contributed by atoms with van der Waals surface area (Å²) in [5.41, 5.74) is 1.72. The summed E-state index contributed by atoms with van der Waals surface area (Å²) in [6, 6.07) is 10.9. The van der Waals surface area contributed by atoms with Gasteiger partial charge in [-0.05, 0) is 55.2 Å². The van der Waals surface area contributed by atoms with Crippen LogP contribution in [0.2, 0.25) is 10.0 Å². The van der Waals surface area contributed by atoms with E-state index in [0.29, 0.717) is 27.8 Å². The smallest absolute Gasteiger partial charge is 0.244 e. The molecule has 0 spiro atoms. The Morgan fingerprint density at radius 3 is 2.15 bits per heavy atom. The van der Waals surface area contributed by atoms with E-state index in [2.05, 4.69) is 5.32 Å². The van der Waals surface area contributed by atoms with Crippen molar-refractivity contribution in [1.82, 2.24) is 10.2 Å². The number of benzene rings is 2. The molecule has 0 saturated heterocycles. The van der Waals surface area contributed by atoms with Crippen molar-refractivity contribution in [2.75, 3.05) is 23.7 Å². The Kier molecular flexibility index (Phi) is 9.79. The second-order valence-corrected chi connectivity index (χ2v) is 11.4. The molecule has 1 atom stereocenters. The van der Waals surface area contributed by atoms with E-state index >= 15 is 0 Å². The number of sulfonamides is 1. The molecule has 0 unspecified atom stereocenters. The van der Waals surface area contributed by atoms with E-state index in [0.717, 1.165) is 16.1 Å². The van der Waals surface area contributed by atoms with Crippen molar-refractivity contribution < 1.29 is 18.0 Å². The van der Waals surface area contributed by atoms with Gasteiger partial charge in [-0.2, -0.15) is 0 Å². The molecule has 0 radical (unpaired) electrons. The minimum absolute atomic E-state index is 0.110. The lowest BCUT2D eigenvalue weighted by Gasteiger charge is -2.32. The van der Waals surface area contributed by atoms with Gasteiger partial charge in [0.2, 0.25) is 21.8 Å². The van der Waals surface area contributed by atoms with Gasteiger partial charge in [-0.15, -0.1) is 0 Å². The van der Waals surface area contributed by atoms with Crippen LogP contribution in [0.3, 0.4) is 0 Å². The van der Waals surface area contributed by atoms with Crippen LogP contribution in [0.5, 0.6) is 0 Å². The van der Waals surface area contributed by atoms with Gasteiger partial charge in [0, 0.05) is 23.1 Å². The van der Waals surface area contributed by atoms with Gasteiger partial charge >= 0.3 is 0 Å². The summed E-state index contributed by atoms with van der Waals surface area (Å²) in [6.45, 7) is 7.40. The Hall–Kier alpha value is -2.29. The molecule has 2 aromatic carbocycles. The number of carbonyl (C=O) groups excluding carboxylic acids is 2. The summed E-state index contributed by atoms with van der Waals surface area (Å²) < 4.78 is 26.3. The van der Waals surface area contributed by atoms with Crippen LogP contribution in [-0.2, 0) is 26.2 Å². The second kappa shape index (κ2) is 11.9. The van der Waals surface area contributed by atoms with Crippen LogP contribution in [0.25, 0.3) is 0 Å². The summed E-state index contributed by atoms with van der Waals surface area (Å²) in [5.74, 6) is -0.601. The average molecular weight is 529 g/mol. The molecule has 0 aliphatic carbocycles. The maximum Gasteiger partial charge on any atom is 0.244 e. The lowest BCUT2D eigenvalue weighted by Crippen LogP contribution is -2.51. The minimum atomic E-state index is -3.82. The average Bonchev–Trinajstić information content (AvgIpc) is 2.75. The Bertz CT molecular complexity index is 1120. The Morgan fingerprint density at radius 2 is 1.59 bits per heavy atom. The van der Waals surface area contributed by atoms with Gasteiger partial charge in [0.1, 0.15) is 12.6 Å². The molecule has 186 valence electrons. The fourth-order valence-electron chi connectivity index (χ4n) is 3.27. The first-order valence-electron chi connectivity index (χ1n) is 10.8. The molecule has 0 fully saturated rings. The number of amides is 2. The van der Waals surface area contributed by atoms with E-state index in [9.17, 15) is 18.0 Å². The number of carbonyl (C=O) groups is 2.